The second-order valence-corrected chi connectivity index (χ2v) is 8.39. The Kier molecular flexibility index (Phi) is 5.94. The second kappa shape index (κ2) is 8.78. The minimum atomic E-state index is -0.733. The monoisotopic (exact) mass is 412 g/mol. The molecule has 2 amide bonds. The Bertz CT molecular complexity index is 881. The lowest BCUT2D eigenvalue weighted by Gasteiger charge is -2.31. The summed E-state index contributed by atoms with van der Waals surface area (Å²) in [5.41, 5.74) is 1.60. The quantitative estimate of drug-likeness (QED) is 0.836. The molecule has 2 aromatic carbocycles. The molecule has 0 aliphatic carbocycles. The number of benzene rings is 2. The fourth-order valence-electron chi connectivity index (χ4n) is 3.42. The zero-order valence-electron chi connectivity index (χ0n) is 16.3. The molecule has 1 fully saturated rings. The van der Waals surface area contributed by atoms with Crippen molar-refractivity contribution in [2.24, 2.45) is 0 Å². The van der Waals surface area contributed by atoms with Crippen LogP contribution in [0, 0.1) is 0 Å². The van der Waals surface area contributed by atoms with Crippen molar-refractivity contribution in [2.75, 3.05) is 29.9 Å². The molecule has 4 rings (SSSR count). The van der Waals surface area contributed by atoms with Crippen molar-refractivity contribution in [3.63, 3.8) is 0 Å². The zero-order chi connectivity index (χ0) is 20.2. The van der Waals surface area contributed by atoms with E-state index in [2.05, 4.69) is 5.32 Å². The smallest absolute Gasteiger partial charge is 0.269 e. The maximum atomic E-state index is 12.7. The summed E-state index contributed by atoms with van der Waals surface area (Å²) in [5, 5.41) is 2.87. The topological polar surface area (TPSA) is 67.9 Å². The number of nitrogens with one attached hydrogen (secondary N) is 1. The van der Waals surface area contributed by atoms with Crippen molar-refractivity contribution < 1.29 is 19.1 Å². The van der Waals surface area contributed by atoms with E-state index in [-0.39, 0.29) is 11.8 Å². The maximum Gasteiger partial charge on any atom is 0.269 e. The molecule has 2 aliphatic rings. The number of anilines is 1. The van der Waals surface area contributed by atoms with E-state index in [0.29, 0.717) is 23.6 Å². The molecule has 1 saturated heterocycles. The third kappa shape index (κ3) is 4.67. The van der Waals surface area contributed by atoms with Crippen molar-refractivity contribution >= 4 is 29.3 Å². The van der Waals surface area contributed by atoms with Crippen molar-refractivity contribution in [3.05, 3.63) is 54.1 Å². The highest BCUT2D eigenvalue weighted by Gasteiger charge is 2.34. The average molecular weight is 413 g/mol. The molecule has 2 atom stereocenters. The van der Waals surface area contributed by atoms with Crippen molar-refractivity contribution in [1.82, 2.24) is 4.90 Å². The van der Waals surface area contributed by atoms with Gasteiger partial charge in [0.2, 0.25) is 12.0 Å². The normalized spacial score (nSPS) is 20.8. The number of carbonyl (C=O) groups excluding carboxylic acids is 2. The standard InChI is InChI=1S/C22H24N2O4S/c1-15-21(28-19-5-3-2-4-18(19)27-15)22(26)23-17-8-6-16(7-9-17)14-20(25)24-10-12-29-13-11-24/h2-9,15,21H,10-14H2,1H3,(H,23,26). The highest BCUT2D eigenvalue weighted by Crippen LogP contribution is 2.33. The minimum Gasteiger partial charge on any atom is -0.482 e. The molecule has 0 spiro atoms. The first-order valence-electron chi connectivity index (χ1n) is 9.78. The third-order valence-corrected chi connectivity index (χ3v) is 5.98. The SMILES string of the molecule is CC1Oc2ccccc2OC1C(=O)Nc1ccc(CC(=O)N2CCSCC2)cc1. The van der Waals surface area contributed by atoms with E-state index in [1.165, 1.54) is 0 Å². The minimum absolute atomic E-state index is 0.155. The Labute approximate surface area is 174 Å². The van der Waals surface area contributed by atoms with Crippen LogP contribution in [0.15, 0.2) is 48.5 Å². The average Bonchev–Trinajstić information content (AvgIpc) is 2.75. The van der Waals surface area contributed by atoms with Gasteiger partial charge in [-0.2, -0.15) is 11.8 Å². The number of amides is 2. The van der Waals surface area contributed by atoms with Gasteiger partial charge >= 0.3 is 0 Å². The fraction of sp³-hybridized carbons (Fsp3) is 0.364. The molecule has 0 aromatic heterocycles. The van der Waals surface area contributed by atoms with Gasteiger partial charge in [0.15, 0.2) is 11.5 Å². The van der Waals surface area contributed by atoms with E-state index in [0.717, 1.165) is 30.2 Å². The van der Waals surface area contributed by atoms with Gasteiger partial charge in [0.1, 0.15) is 6.10 Å². The van der Waals surface area contributed by atoms with Crippen LogP contribution in [0.25, 0.3) is 0 Å². The summed E-state index contributed by atoms with van der Waals surface area (Å²) < 4.78 is 11.6. The van der Waals surface area contributed by atoms with Crippen LogP contribution in [0.5, 0.6) is 11.5 Å². The molecule has 2 aliphatic heterocycles. The molecular weight excluding hydrogens is 388 g/mol. The molecule has 0 saturated carbocycles. The number of fused-ring (bicyclic) bond motifs is 1. The fourth-order valence-corrected chi connectivity index (χ4v) is 4.33. The lowest BCUT2D eigenvalue weighted by molar-refractivity contribution is -0.130. The van der Waals surface area contributed by atoms with E-state index in [9.17, 15) is 9.59 Å². The molecule has 2 heterocycles. The van der Waals surface area contributed by atoms with Crippen LogP contribution >= 0.6 is 11.8 Å². The van der Waals surface area contributed by atoms with E-state index in [4.69, 9.17) is 9.47 Å². The van der Waals surface area contributed by atoms with Crippen LogP contribution < -0.4 is 14.8 Å². The van der Waals surface area contributed by atoms with E-state index in [1.54, 1.807) is 6.07 Å². The molecule has 152 valence electrons. The van der Waals surface area contributed by atoms with E-state index < -0.39 is 12.2 Å². The summed E-state index contributed by atoms with van der Waals surface area (Å²) in [7, 11) is 0. The number of ether oxygens (including phenoxy) is 2. The Morgan fingerprint density at radius 1 is 1.03 bits per heavy atom. The number of rotatable bonds is 4. The molecule has 2 unspecified atom stereocenters. The number of hydrogen-bond donors (Lipinski definition) is 1. The number of hydrogen-bond acceptors (Lipinski definition) is 5. The molecule has 1 N–H and O–H groups in total. The van der Waals surface area contributed by atoms with Gasteiger partial charge in [0, 0.05) is 30.3 Å². The molecule has 0 bridgehead atoms. The second-order valence-electron chi connectivity index (χ2n) is 7.16. The maximum absolute atomic E-state index is 12.7. The van der Waals surface area contributed by atoms with E-state index in [1.807, 2.05) is 66.1 Å². The summed E-state index contributed by atoms with van der Waals surface area (Å²) in [6, 6.07) is 14.7. The summed E-state index contributed by atoms with van der Waals surface area (Å²) in [6.07, 6.45) is -0.751. The van der Waals surface area contributed by atoms with Crippen LogP contribution in [0.2, 0.25) is 0 Å². The van der Waals surface area contributed by atoms with Crippen molar-refractivity contribution in [1.29, 1.82) is 0 Å². The van der Waals surface area contributed by atoms with Gasteiger partial charge in [-0.15, -0.1) is 0 Å². The molecule has 2 aromatic rings. The van der Waals surface area contributed by atoms with Gasteiger partial charge in [0.05, 0.1) is 6.42 Å². The van der Waals surface area contributed by atoms with Crippen LogP contribution in [0.3, 0.4) is 0 Å². The molecule has 0 radical (unpaired) electrons. The molecule has 6 nitrogen and oxygen atoms in total. The lowest BCUT2D eigenvalue weighted by Crippen LogP contribution is -2.46. The van der Waals surface area contributed by atoms with Crippen LogP contribution in [0.4, 0.5) is 5.69 Å². The van der Waals surface area contributed by atoms with Crippen molar-refractivity contribution in [3.8, 4) is 11.5 Å². The summed E-state index contributed by atoms with van der Waals surface area (Å²) in [5.74, 6) is 3.11. The first-order chi connectivity index (χ1) is 14.1. The van der Waals surface area contributed by atoms with Crippen LogP contribution in [-0.2, 0) is 16.0 Å². The molecular formula is C22H24N2O4S. The molecule has 29 heavy (non-hydrogen) atoms. The number of carbonyl (C=O) groups is 2. The predicted molar refractivity (Wildman–Crippen MR) is 114 cm³/mol. The lowest BCUT2D eigenvalue weighted by atomic mass is 10.1. The number of para-hydroxylation sites is 2. The third-order valence-electron chi connectivity index (χ3n) is 5.04. The van der Waals surface area contributed by atoms with Gasteiger partial charge in [-0.3, -0.25) is 9.59 Å². The predicted octanol–water partition coefficient (Wildman–Crippen LogP) is 2.97. The summed E-state index contributed by atoms with van der Waals surface area (Å²) in [4.78, 5) is 27.0. The molecule has 7 heteroatoms. The Morgan fingerprint density at radius 3 is 2.38 bits per heavy atom. The highest BCUT2D eigenvalue weighted by atomic mass is 32.2. The largest absolute Gasteiger partial charge is 0.482 e. The Morgan fingerprint density at radius 2 is 1.69 bits per heavy atom. The first kappa shape index (κ1) is 19.6. The Balaban J connectivity index is 1.35. The van der Waals surface area contributed by atoms with Crippen LogP contribution in [-0.4, -0.2) is 53.5 Å². The summed E-state index contributed by atoms with van der Waals surface area (Å²) in [6.45, 7) is 3.46. The first-order valence-corrected chi connectivity index (χ1v) is 10.9. The van der Waals surface area contributed by atoms with Gasteiger partial charge in [0.25, 0.3) is 5.91 Å². The van der Waals surface area contributed by atoms with Crippen molar-refractivity contribution in [2.45, 2.75) is 25.6 Å². The highest BCUT2D eigenvalue weighted by molar-refractivity contribution is 7.99. The van der Waals surface area contributed by atoms with Gasteiger partial charge in [-0.25, -0.2) is 0 Å². The van der Waals surface area contributed by atoms with Gasteiger partial charge < -0.3 is 19.7 Å². The van der Waals surface area contributed by atoms with Gasteiger partial charge in [-0.1, -0.05) is 24.3 Å². The van der Waals surface area contributed by atoms with Crippen LogP contribution in [0.1, 0.15) is 12.5 Å². The number of thioether (sulfide) groups is 1. The van der Waals surface area contributed by atoms with E-state index >= 15 is 0 Å². The Hall–Kier alpha value is -2.67. The number of nitrogens with zero attached hydrogens (tertiary/aromatic N) is 1. The van der Waals surface area contributed by atoms with Gasteiger partial charge in [-0.05, 0) is 36.8 Å². The zero-order valence-corrected chi connectivity index (χ0v) is 17.1. The summed E-state index contributed by atoms with van der Waals surface area (Å²) >= 11 is 1.88.